The number of rotatable bonds is 4. The van der Waals surface area contributed by atoms with Gasteiger partial charge in [0.15, 0.2) is 6.04 Å². The molecule has 2 rings (SSSR count). The van der Waals surface area contributed by atoms with E-state index < -0.39 is 0 Å². The van der Waals surface area contributed by atoms with Crippen LogP contribution in [0.5, 0.6) is 0 Å². The number of quaternary nitrogens is 2. The van der Waals surface area contributed by atoms with Gasteiger partial charge in [-0.05, 0) is 18.4 Å². The molecule has 0 radical (unpaired) electrons. The summed E-state index contributed by atoms with van der Waals surface area (Å²) in [6.45, 7) is 7.67. The molecular weight excluding hydrogens is 246 g/mol. The molecular formula is C13H23N3OS+2. The molecule has 1 saturated heterocycles. The molecule has 1 fully saturated rings. The van der Waals surface area contributed by atoms with Crippen molar-refractivity contribution in [2.24, 2.45) is 0 Å². The number of amides is 1. The summed E-state index contributed by atoms with van der Waals surface area (Å²) in [4.78, 5) is 16.1. The lowest BCUT2D eigenvalue weighted by atomic mass is 10.2. The Balaban J connectivity index is 1.79. The van der Waals surface area contributed by atoms with Crippen molar-refractivity contribution in [3.05, 3.63) is 22.4 Å². The molecule has 1 aromatic rings. The van der Waals surface area contributed by atoms with Gasteiger partial charge in [-0.25, -0.2) is 0 Å². The summed E-state index contributed by atoms with van der Waals surface area (Å²) in [7, 11) is 1.72. The van der Waals surface area contributed by atoms with Gasteiger partial charge < -0.3 is 15.1 Å². The normalized spacial score (nSPS) is 25.7. The lowest BCUT2D eigenvalue weighted by Gasteiger charge is -2.32. The first-order chi connectivity index (χ1) is 8.70. The van der Waals surface area contributed by atoms with Gasteiger partial charge in [-0.3, -0.25) is 4.79 Å². The second-order valence-electron chi connectivity index (χ2n) is 5.00. The van der Waals surface area contributed by atoms with Gasteiger partial charge >= 0.3 is 0 Å². The van der Waals surface area contributed by atoms with Crippen molar-refractivity contribution in [3.8, 4) is 0 Å². The van der Waals surface area contributed by atoms with Crippen LogP contribution < -0.4 is 15.1 Å². The summed E-state index contributed by atoms with van der Waals surface area (Å²) in [5, 5.41) is 4.89. The summed E-state index contributed by atoms with van der Waals surface area (Å²) in [6, 6.07) is 4.41. The van der Waals surface area contributed by atoms with E-state index in [2.05, 4.69) is 22.8 Å². The minimum Gasteiger partial charge on any atom is -0.354 e. The van der Waals surface area contributed by atoms with E-state index in [9.17, 15) is 4.79 Å². The predicted molar refractivity (Wildman–Crippen MR) is 72.9 cm³/mol. The van der Waals surface area contributed by atoms with Gasteiger partial charge in [0, 0.05) is 7.05 Å². The Labute approximate surface area is 113 Å². The molecule has 18 heavy (non-hydrogen) atoms. The van der Waals surface area contributed by atoms with Crippen LogP contribution in [0.1, 0.15) is 11.8 Å². The lowest BCUT2D eigenvalue weighted by Crippen LogP contribution is -3.29. The highest BCUT2D eigenvalue weighted by Crippen LogP contribution is 2.05. The van der Waals surface area contributed by atoms with Crippen LogP contribution in [0.25, 0.3) is 0 Å². The number of thiophene rings is 1. The third kappa shape index (κ3) is 3.31. The lowest BCUT2D eigenvalue weighted by molar-refractivity contribution is -1.02. The van der Waals surface area contributed by atoms with E-state index in [4.69, 9.17) is 0 Å². The quantitative estimate of drug-likeness (QED) is 0.591. The maximum absolute atomic E-state index is 11.6. The molecule has 5 heteroatoms. The summed E-state index contributed by atoms with van der Waals surface area (Å²) in [5.41, 5.74) is 0. The van der Waals surface area contributed by atoms with Crippen LogP contribution >= 0.6 is 11.3 Å². The van der Waals surface area contributed by atoms with Gasteiger partial charge in [-0.2, -0.15) is 0 Å². The number of nitrogens with one attached hydrogen (secondary N) is 3. The van der Waals surface area contributed by atoms with Crippen molar-refractivity contribution >= 4 is 17.2 Å². The number of carbonyl (C=O) groups is 1. The average molecular weight is 269 g/mol. The van der Waals surface area contributed by atoms with Gasteiger partial charge in [-0.1, -0.05) is 6.07 Å². The van der Waals surface area contributed by atoms with Crippen LogP contribution in [0.2, 0.25) is 0 Å². The zero-order valence-electron chi connectivity index (χ0n) is 11.2. The van der Waals surface area contributed by atoms with E-state index in [1.165, 1.54) is 9.78 Å². The van der Waals surface area contributed by atoms with E-state index in [0.717, 1.165) is 32.7 Å². The second kappa shape index (κ2) is 6.31. The van der Waals surface area contributed by atoms with E-state index in [-0.39, 0.29) is 11.9 Å². The Morgan fingerprint density at radius 2 is 2.17 bits per heavy atom. The van der Waals surface area contributed by atoms with Crippen molar-refractivity contribution in [3.63, 3.8) is 0 Å². The van der Waals surface area contributed by atoms with Gasteiger partial charge in [0.05, 0.1) is 4.88 Å². The molecule has 0 spiro atoms. The van der Waals surface area contributed by atoms with Crippen molar-refractivity contribution < 1.29 is 14.6 Å². The Morgan fingerprint density at radius 3 is 2.72 bits per heavy atom. The van der Waals surface area contributed by atoms with Crippen molar-refractivity contribution in [2.75, 3.05) is 33.2 Å². The monoisotopic (exact) mass is 269 g/mol. The first-order valence-corrected chi connectivity index (χ1v) is 7.50. The van der Waals surface area contributed by atoms with Crippen molar-refractivity contribution in [2.45, 2.75) is 19.5 Å². The Hall–Kier alpha value is -0.910. The standard InChI is InChI=1S/C13H21N3OS/c1-11(13(17)14-2)16-7-5-15(6-8-16)10-12-4-3-9-18-12/h3-4,9,11H,5-8,10H2,1-2H3,(H,14,17)/p+2/t11-/m1/s1. The molecule has 0 aliphatic carbocycles. The minimum absolute atomic E-state index is 0.0817. The zero-order chi connectivity index (χ0) is 13.0. The van der Waals surface area contributed by atoms with Crippen LogP contribution in [0.15, 0.2) is 17.5 Å². The third-order valence-electron chi connectivity index (χ3n) is 3.86. The topological polar surface area (TPSA) is 38.0 Å². The highest BCUT2D eigenvalue weighted by molar-refractivity contribution is 7.09. The molecule has 0 bridgehead atoms. The van der Waals surface area contributed by atoms with Crippen LogP contribution in [0.4, 0.5) is 0 Å². The SMILES string of the molecule is CNC(=O)[C@@H](C)[NH+]1CC[NH+](Cc2cccs2)CC1. The van der Waals surface area contributed by atoms with Gasteiger partial charge in [0.1, 0.15) is 32.7 Å². The molecule has 100 valence electrons. The van der Waals surface area contributed by atoms with Gasteiger partial charge in [0.2, 0.25) is 0 Å². The number of piperazine rings is 1. The van der Waals surface area contributed by atoms with Crippen LogP contribution in [-0.4, -0.2) is 45.2 Å². The molecule has 1 atom stereocenters. The van der Waals surface area contributed by atoms with Crippen LogP contribution in [0, 0.1) is 0 Å². The fraction of sp³-hybridized carbons (Fsp3) is 0.615. The number of hydrogen-bond acceptors (Lipinski definition) is 2. The molecule has 0 aromatic carbocycles. The summed E-state index contributed by atoms with van der Waals surface area (Å²) >= 11 is 1.84. The van der Waals surface area contributed by atoms with Crippen LogP contribution in [0.3, 0.4) is 0 Å². The van der Waals surface area contributed by atoms with E-state index in [1.54, 1.807) is 11.9 Å². The molecule has 0 saturated carbocycles. The first-order valence-electron chi connectivity index (χ1n) is 6.63. The maximum Gasteiger partial charge on any atom is 0.277 e. The fourth-order valence-corrected chi connectivity index (χ4v) is 3.37. The third-order valence-corrected chi connectivity index (χ3v) is 4.73. The Kier molecular flexibility index (Phi) is 4.74. The first kappa shape index (κ1) is 13.5. The Morgan fingerprint density at radius 1 is 1.44 bits per heavy atom. The van der Waals surface area contributed by atoms with Gasteiger partial charge in [-0.15, -0.1) is 11.3 Å². The molecule has 1 aliphatic heterocycles. The summed E-state index contributed by atoms with van der Waals surface area (Å²) in [5.74, 6) is 0.159. The van der Waals surface area contributed by atoms with Crippen LogP contribution in [-0.2, 0) is 11.3 Å². The molecule has 2 heterocycles. The molecule has 1 aliphatic rings. The number of carbonyl (C=O) groups excluding carboxylic acids is 1. The van der Waals surface area contributed by atoms with E-state index in [1.807, 2.05) is 18.3 Å². The molecule has 3 N–H and O–H groups in total. The second-order valence-corrected chi connectivity index (χ2v) is 6.03. The van der Waals surface area contributed by atoms with E-state index >= 15 is 0 Å². The minimum atomic E-state index is 0.0817. The maximum atomic E-state index is 11.6. The molecule has 1 aromatic heterocycles. The predicted octanol–water partition coefficient (Wildman–Crippen LogP) is -1.83. The summed E-state index contributed by atoms with van der Waals surface area (Å²) in [6.07, 6.45) is 0. The molecule has 1 amide bonds. The van der Waals surface area contributed by atoms with Crippen molar-refractivity contribution in [1.29, 1.82) is 0 Å². The summed E-state index contributed by atoms with van der Waals surface area (Å²) < 4.78 is 0. The molecule has 4 nitrogen and oxygen atoms in total. The van der Waals surface area contributed by atoms with Crippen molar-refractivity contribution in [1.82, 2.24) is 5.32 Å². The largest absolute Gasteiger partial charge is 0.354 e. The van der Waals surface area contributed by atoms with E-state index in [0.29, 0.717) is 0 Å². The number of hydrogen-bond donors (Lipinski definition) is 3. The average Bonchev–Trinajstić information content (AvgIpc) is 2.91. The molecule has 0 unspecified atom stereocenters. The Bertz CT molecular complexity index is 372. The van der Waals surface area contributed by atoms with Gasteiger partial charge in [0.25, 0.3) is 5.91 Å². The zero-order valence-corrected chi connectivity index (χ0v) is 12.0. The highest BCUT2D eigenvalue weighted by atomic mass is 32.1. The fourth-order valence-electron chi connectivity index (χ4n) is 2.60. The highest BCUT2D eigenvalue weighted by Gasteiger charge is 2.30. The number of likely N-dealkylation sites (N-methyl/N-ethyl adjacent to an activating group) is 1. The smallest absolute Gasteiger partial charge is 0.277 e.